The van der Waals surface area contributed by atoms with E-state index in [1.807, 2.05) is 39.0 Å². The molecule has 1 saturated carbocycles. The molecular weight excluding hydrogens is 430 g/mol. The highest BCUT2D eigenvalue weighted by Gasteiger charge is 2.52. The Labute approximate surface area is 192 Å². The second-order valence-electron chi connectivity index (χ2n) is 9.04. The predicted molar refractivity (Wildman–Crippen MR) is 120 cm³/mol. The molecule has 2 heterocycles. The van der Waals surface area contributed by atoms with E-state index < -0.39 is 17.5 Å². The molecule has 2 N–H and O–H groups in total. The number of amides is 4. The summed E-state index contributed by atoms with van der Waals surface area (Å²) in [4.78, 5) is 38.2. The van der Waals surface area contributed by atoms with Crippen molar-refractivity contribution in [2.24, 2.45) is 5.92 Å². The molecule has 4 rings (SSSR count). The molecule has 0 bridgehead atoms. The Kier molecular flexibility index (Phi) is 5.75. The Morgan fingerprint density at radius 1 is 1.25 bits per heavy atom. The van der Waals surface area contributed by atoms with Gasteiger partial charge in [0.25, 0.3) is 5.91 Å². The van der Waals surface area contributed by atoms with E-state index in [0.29, 0.717) is 29.5 Å². The largest absolute Gasteiger partial charge is 0.344 e. The normalized spacial score (nSPS) is 23.0. The molecule has 1 aromatic carbocycles. The van der Waals surface area contributed by atoms with Crippen LogP contribution in [0.1, 0.15) is 55.1 Å². The van der Waals surface area contributed by atoms with Crippen LogP contribution in [0.2, 0.25) is 5.02 Å². The van der Waals surface area contributed by atoms with Crippen molar-refractivity contribution in [1.29, 1.82) is 0 Å². The monoisotopic (exact) mass is 457 g/mol. The Bertz CT molecular complexity index is 1100. The van der Waals surface area contributed by atoms with Gasteiger partial charge in [0.15, 0.2) is 0 Å². The Morgan fingerprint density at radius 3 is 2.59 bits per heavy atom. The van der Waals surface area contributed by atoms with Gasteiger partial charge in [-0.15, -0.1) is 0 Å². The Morgan fingerprint density at radius 2 is 1.94 bits per heavy atom. The van der Waals surface area contributed by atoms with Crippen molar-refractivity contribution in [2.45, 2.75) is 65.3 Å². The van der Waals surface area contributed by atoms with Gasteiger partial charge < -0.3 is 5.32 Å². The van der Waals surface area contributed by atoms with Gasteiger partial charge in [-0.05, 0) is 70.1 Å². The van der Waals surface area contributed by atoms with Crippen LogP contribution in [-0.2, 0) is 16.0 Å². The number of benzene rings is 1. The van der Waals surface area contributed by atoms with Crippen molar-refractivity contribution in [3.63, 3.8) is 0 Å². The van der Waals surface area contributed by atoms with Gasteiger partial charge in [0.1, 0.15) is 5.54 Å². The zero-order chi connectivity index (χ0) is 23.2. The van der Waals surface area contributed by atoms with Crippen molar-refractivity contribution >= 4 is 29.4 Å². The molecule has 1 spiro atoms. The summed E-state index contributed by atoms with van der Waals surface area (Å²) in [6.45, 7) is 7.77. The summed E-state index contributed by atoms with van der Waals surface area (Å²) in [6.07, 6.45) is 2.92. The van der Waals surface area contributed by atoms with Crippen LogP contribution in [0, 0.1) is 26.7 Å². The number of carbonyl (C=O) groups excluding carboxylic acids is 3. The van der Waals surface area contributed by atoms with Crippen LogP contribution in [0.4, 0.5) is 4.79 Å². The lowest BCUT2D eigenvalue weighted by Crippen LogP contribution is -2.51. The van der Waals surface area contributed by atoms with Crippen molar-refractivity contribution < 1.29 is 14.4 Å². The summed E-state index contributed by atoms with van der Waals surface area (Å²) in [7, 11) is 0. The fraction of sp³-hybridized carbons (Fsp3) is 0.478. The molecule has 0 unspecified atom stereocenters. The van der Waals surface area contributed by atoms with Crippen molar-refractivity contribution in [3.8, 4) is 5.69 Å². The Hall–Kier alpha value is -2.87. The van der Waals surface area contributed by atoms with Gasteiger partial charge in [0.2, 0.25) is 5.91 Å². The second kappa shape index (κ2) is 8.24. The number of halogens is 1. The third kappa shape index (κ3) is 3.88. The molecule has 0 atom stereocenters. The topological polar surface area (TPSA) is 96.3 Å². The first-order valence-electron chi connectivity index (χ1n) is 10.9. The highest BCUT2D eigenvalue weighted by molar-refractivity contribution is 6.31. The number of hydrogen-bond donors (Lipinski definition) is 2. The van der Waals surface area contributed by atoms with Gasteiger partial charge in [-0.25, -0.2) is 9.48 Å². The summed E-state index contributed by atoms with van der Waals surface area (Å²) in [5.74, 6) is -0.288. The lowest BCUT2D eigenvalue weighted by molar-refractivity contribution is -0.139. The van der Waals surface area contributed by atoms with Crippen molar-refractivity contribution in [1.82, 2.24) is 25.5 Å². The van der Waals surface area contributed by atoms with E-state index >= 15 is 0 Å². The highest BCUT2D eigenvalue weighted by atomic mass is 35.5. The number of urea groups is 1. The van der Waals surface area contributed by atoms with Crippen LogP contribution in [0.5, 0.6) is 0 Å². The van der Waals surface area contributed by atoms with E-state index in [0.717, 1.165) is 40.4 Å². The minimum Gasteiger partial charge on any atom is -0.322 e. The molecule has 1 saturated heterocycles. The summed E-state index contributed by atoms with van der Waals surface area (Å²) >= 11 is 6.26. The molecular formula is C23H28ClN5O3. The maximum absolute atomic E-state index is 13.0. The fourth-order valence-corrected chi connectivity index (χ4v) is 4.71. The number of aryl methyl sites for hydroxylation is 2. The van der Waals surface area contributed by atoms with E-state index in [1.165, 1.54) is 0 Å². The number of rotatable bonds is 4. The van der Waals surface area contributed by atoms with E-state index in [1.54, 1.807) is 4.68 Å². The van der Waals surface area contributed by atoms with Crippen LogP contribution < -0.4 is 10.7 Å². The fourth-order valence-electron chi connectivity index (χ4n) is 4.54. The third-order valence-corrected chi connectivity index (χ3v) is 7.11. The quantitative estimate of drug-likeness (QED) is 0.686. The van der Waals surface area contributed by atoms with Gasteiger partial charge in [0.05, 0.1) is 17.8 Å². The number of aromatic nitrogens is 2. The number of imide groups is 1. The lowest BCUT2D eigenvalue weighted by atomic mass is 9.77. The minimum atomic E-state index is -0.891. The SMILES string of the molecule is Cc1ccc(-n2nc(C)c(CC(=O)NN3C(=O)NC4(CCC(C)CC4)C3=O)c2C)cc1Cl. The number of hydrogen-bond acceptors (Lipinski definition) is 4. The molecule has 0 radical (unpaired) electrons. The number of hydrazine groups is 1. The molecule has 2 fully saturated rings. The Balaban J connectivity index is 1.49. The summed E-state index contributed by atoms with van der Waals surface area (Å²) in [5.41, 5.74) is 5.62. The first kappa shape index (κ1) is 22.3. The van der Waals surface area contributed by atoms with Crippen LogP contribution in [-0.4, -0.2) is 38.2 Å². The smallest absolute Gasteiger partial charge is 0.322 e. The average molecular weight is 458 g/mol. The van der Waals surface area contributed by atoms with Crippen LogP contribution in [0.15, 0.2) is 18.2 Å². The van der Waals surface area contributed by atoms with Gasteiger partial charge >= 0.3 is 6.03 Å². The second-order valence-corrected chi connectivity index (χ2v) is 9.45. The third-order valence-electron chi connectivity index (χ3n) is 6.70. The van der Waals surface area contributed by atoms with Gasteiger partial charge in [0, 0.05) is 16.3 Å². The molecule has 2 aliphatic rings. The van der Waals surface area contributed by atoms with Gasteiger partial charge in [-0.1, -0.05) is 24.6 Å². The zero-order valence-electron chi connectivity index (χ0n) is 18.8. The molecule has 2 aromatic rings. The molecule has 4 amide bonds. The van der Waals surface area contributed by atoms with E-state index in [-0.39, 0.29) is 12.3 Å². The summed E-state index contributed by atoms with van der Waals surface area (Å²) in [5, 5.41) is 8.85. The lowest BCUT2D eigenvalue weighted by Gasteiger charge is -2.33. The molecule has 1 aromatic heterocycles. The van der Waals surface area contributed by atoms with Crippen molar-refractivity contribution in [3.05, 3.63) is 45.7 Å². The van der Waals surface area contributed by atoms with Crippen LogP contribution >= 0.6 is 11.6 Å². The van der Waals surface area contributed by atoms with E-state index in [2.05, 4.69) is 22.8 Å². The summed E-state index contributed by atoms with van der Waals surface area (Å²) < 4.78 is 1.75. The van der Waals surface area contributed by atoms with E-state index in [4.69, 9.17) is 11.6 Å². The highest BCUT2D eigenvalue weighted by Crippen LogP contribution is 2.35. The summed E-state index contributed by atoms with van der Waals surface area (Å²) in [6, 6.07) is 5.09. The number of nitrogens with zero attached hydrogens (tertiary/aromatic N) is 3. The van der Waals surface area contributed by atoms with Crippen molar-refractivity contribution in [2.75, 3.05) is 0 Å². The predicted octanol–water partition coefficient (Wildman–Crippen LogP) is 3.53. The average Bonchev–Trinajstić information content (AvgIpc) is 3.15. The molecule has 32 heavy (non-hydrogen) atoms. The van der Waals surface area contributed by atoms with E-state index in [9.17, 15) is 14.4 Å². The molecule has 1 aliphatic carbocycles. The number of carbonyl (C=O) groups is 3. The van der Waals surface area contributed by atoms with Gasteiger partial charge in [-0.2, -0.15) is 10.1 Å². The molecule has 9 heteroatoms. The maximum Gasteiger partial charge on any atom is 0.344 e. The van der Waals surface area contributed by atoms with Gasteiger partial charge in [-0.3, -0.25) is 15.0 Å². The first-order valence-corrected chi connectivity index (χ1v) is 11.3. The molecule has 8 nitrogen and oxygen atoms in total. The standard InChI is InChI=1S/C23H28ClN5O3/c1-13-7-9-23(10-8-13)21(31)29(22(32)25-23)27-20(30)12-18-15(3)26-28(16(18)4)17-6-5-14(2)19(24)11-17/h5-6,11,13H,7-10,12H2,1-4H3,(H,25,32)(H,27,30). The zero-order valence-corrected chi connectivity index (χ0v) is 19.5. The van der Waals surface area contributed by atoms with Crippen LogP contribution in [0.25, 0.3) is 5.69 Å². The maximum atomic E-state index is 13.0. The minimum absolute atomic E-state index is 0.00163. The molecule has 170 valence electrons. The van der Waals surface area contributed by atoms with Crippen LogP contribution in [0.3, 0.4) is 0 Å². The number of nitrogens with one attached hydrogen (secondary N) is 2. The first-order chi connectivity index (χ1) is 15.1. The molecule has 1 aliphatic heterocycles.